The van der Waals surface area contributed by atoms with E-state index in [1.165, 1.54) is 11.3 Å². The molecule has 6 N–H and O–H groups in total. The van der Waals surface area contributed by atoms with Gasteiger partial charge in [-0.3, -0.25) is 9.78 Å². The number of guanidine groups is 1. The van der Waals surface area contributed by atoms with Crippen LogP contribution in [0.4, 0.5) is 0 Å². The van der Waals surface area contributed by atoms with Crippen LogP contribution < -0.4 is 16.8 Å². The van der Waals surface area contributed by atoms with Crippen molar-refractivity contribution in [1.82, 2.24) is 10.3 Å². The average molecular weight is 497 g/mol. The number of pyridine rings is 1. The number of carbonyl (C=O) groups excluding carboxylic acids is 1. The van der Waals surface area contributed by atoms with Gasteiger partial charge in [0.25, 0.3) is 0 Å². The zero-order valence-corrected chi connectivity index (χ0v) is 19.5. The van der Waals surface area contributed by atoms with E-state index in [0.29, 0.717) is 28.6 Å². The fourth-order valence-corrected chi connectivity index (χ4v) is 5.37. The van der Waals surface area contributed by atoms with E-state index in [0.717, 1.165) is 33.8 Å². The van der Waals surface area contributed by atoms with E-state index in [9.17, 15) is 9.59 Å². The van der Waals surface area contributed by atoms with Gasteiger partial charge in [-0.05, 0) is 37.5 Å². The Kier molecular flexibility index (Phi) is 7.70. The predicted octanol–water partition coefficient (Wildman–Crippen LogP) is 2.82. The summed E-state index contributed by atoms with van der Waals surface area (Å²) in [5.41, 5.74) is 14.7. The number of nitrogens with two attached hydrogens (primary N) is 2. The summed E-state index contributed by atoms with van der Waals surface area (Å²) < 4.78 is 0.677. The van der Waals surface area contributed by atoms with Crippen LogP contribution in [0.1, 0.15) is 46.9 Å². The quantitative estimate of drug-likeness (QED) is 0.290. The largest absolute Gasteiger partial charge is 0.480 e. The molecule has 2 atom stereocenters. The van der Waals surface area contributed by atoms with E-state index in [2.05, 4.69) is 20.5 Å². The van der Waals surface area contributed by atoms with E-state index in [4.69, 9.17) is 39.8 Å². The van der Waals surface area contributed by atoms with Crippen molar-refractivity contribution in [2.45, 2.75) is 44.6 Å². The van der Waals surface area contributed by atoms with Crippen molar-refractivity contribution in [3.05, 3.63) is 49.4 Å². The Morgan fingerprint density at radius 1 is 1.34 bits per heavy atom. The Morgan fingerprint density at radius 3 is 2.62 bits per heavy atom. The van der Waals surface area contributed by atoms with Crippen LogP contribution in [0, 0.1) is 6.92 Å². The van der Waals surface area contributed by atoms with Gasteiger partial charge in [0.05, 0.1) is 20.8 Å². The fourth-order valence-electron chi connectivity index (χ4n) is 3.63. The summed E-state index contributed by atoms with van der Waals surface area (Å²) in [7, 11) is 0. The zero-order valence-electron chi connectivity index (χ0n) is 17.1. The van der Waals surface area contributed by atoms with Gasteiger partial charge < -0.3 is 21.9 Å². The number of aromatic nitrogens is 1. The van der Waals surface area contributed by atoms with Gasteiger partial charge in [0, 0.05) is 35.4 Å². The number of aryl methyl sites for hydroxylation is 1. The molecule has 12 heteroatoms. The highest BCUT2D eigenvalue weighted by molar-refractivity contribution is 7.16. The summed E-state index contributed by atoms with van der Waals surface area (Å²) in [4.78, 5) is 26.1. The maximum Gasteiger partial charge on any atom is 0.326 e. The number of amides is 1. The van der Waals surface area contributed by atoms with Crippen LogP contribution in [0.3, 0.4) is 0 Å². The fraction of sp³-hybridized carbons (Fsp3) is 0.350. The van der Waals surface area contributed by atoms with Gasteiger partial charge in [-0.25, -0.2) is 4.79 Å². The second-order valence-electron chi connectivity index (χ2n) is 7.39. The molecule has 0 radical (unpaired) electrons. The predicted molar refractivity (Wildman–Crippen MR) is 126 cm³/mol. The molecule has 1 aliphatic heterocycles. The molecule has 2 aliphatic rings. The third-order valence-corrected chi connectivity index (χ3v) is 6.89. The van der Waals surface area contributed by atoms with Crippen molar-refractivity contribution < 1.29 is 14.7 Å². The highest BCUT2D eigenvalue weighted by Crippen LogP contribution is 2.42. The van der Waals surface area contributed by atoms with Gasteiger partial charge in [0.1, 0.15) is 6.04 Å². The number of hydrogen-bond donors (Lipinski definition) is 4. The Hall–Kier alpha value is -2.69. The van der Waals surface area contributed by atoms with Crippen molar-refractivity contribution in [3.8, 4) is 0 Å². The number of carboxylic acid groups (broad SMARTS) is 1. The molecule has 2 aromatic rings. The van der Waals surface area contributed by atoms with Gasteiger partial charge in [-0.1, -0.05) is 23.2 Å². The molecule has 3 heterocycles. The summed E-state index contributed by atoms with van der Waals surface area (Å²) >= 11 is 13.9. The van der Waals surface area contributed by atoms with Crippen LogP contribution in [0.25, 0.3) is 0 Å². The molecule has 2 aromatic heterocycles. The monoisotopic (exact) mass is 496 g/mol. The lowest BCUT2D eigenvalue weighted by Crippen LogP contribution is -2.32. The first-order valence-corrected chi connectivity index (χ1v) is 11.3. The van der Waals surface area contributed by atoms with Crippen LogP contribution in [0.2, 0.25) is 9.36 Å². The SMILES string of the molecule is Cc1ccnc2c1C(=NN=C(N)N)CC(c1sc(Cl)cc1Cl)C2.O=C1CC[C@@H](C(=O)O)N1. The first kappa shape index (κ1) is 24.0. The molecule has 1 aliphatic carbocycles. The maximum absolute atomic E-state index is 10.4. The second-order valence-corrected chi connectivity index (χ2v) is 9.51. The highest BCUT2D eigenvalue weighted by atomic mass is 35.5. The molecule has 0 bridgehead atoms. The number of aliphatic carboxylic acids is 1. The lowest BCUT2D eigenvalue weighted by Gasteiger charge is -2.25. The molecule has 1 saturated heterocycles. The zero-order chi connectivity index (χ0) is 23.4. The minimum atomic E-state index is -0.944. The van der Waals surface area contributed by atoms with E-state index in [-0.39, 0.29) is 17.8 Å². The summed E-state index contributed by atoms with van der Waals surface area (Å²) in [5.74, 6) is -1.02. The molecule has 4 rings (SSSR count). The summed E-state index contributed by atoms with van der Waals surface area (Å²) in [5, 5.41) is 19.4. The minimum absolute atomic E-state index is 0.0695. The average Bonchev–Trinajstić information content (AvgIpc) is 3.31. The van der Waals surface area contributed by atoms with E-state index in [1.807, 2.05) is 13.0 Å². The summed E-state index contributed by atoms with van der Waals surface area (Å²) in [6.45, 7) is 2.03. The number of carboxylic acids is 1. The van der Waals surface area contributed by atoms with Crippen molar-refractivity contribution in [2.75, 3.05) is 0 Å². The summed E-state index contributed by atoms with van der Waals surface area (Å²) in [6, 6.07) is 3.09. The molecule has 1 fully saturated rings. The number of nitrogens with one attached hydrogen (secondary N) is 1. The first-order valence-electron chi connectivity index (χ1n) is 9.73. The van der Waals surface area contributed by atoms with Crippen molar-refractivity contribution in [1.29, 1.82) is 0 Å². The maximum atomic E-state index is 10.4. The normalized spacial score (nSPS) is 20.7. The van der Waals surface area contributed by atoms with Gasteiger partial charge in [-0.2, -0.15) is 5.10 Å². The topological polar surface area (TPSA) is 156 Å². The van der Waals surface area contributed by atoms with E-state index >= 15 is 0 Å². The Labute approximate surface area is 198 Å². The minimum Gasteiger partial charge on any atom is -0.480 e. The van der Waals surface area contributed by atoms with Crippen molar-refractivity contribution >= 4 is 58.1 Å². The van der Waals surface area contributed by atoms with Crippen LogP contribution in [0.5, 0.6) is 0 Å². The van der Waals surface area contributed by atoms with Crippen molar-refractivity contribution in [3.63, 3.8) is 0 Å². The molecule has 170 valence electrons. The second kappa shape index (κ2) is 10.3. The molecule has 32 heavy (non-hydrogen) atoms. The first-order chi connectivity index (χ1) is 15.2. The van der Waals surface area contributed by atoms with Crippen molar-refractivity contribution in [2.24, 2.45) is 21.7 Å². The number of nitrogens with zero attached hydrogens (tertiary/aromatic N) is 3. The molecule has 1 unspecified atom stereocenters. The van der Waals surface area contributed by atoms with Gasteiger partial charge in [-0.15, -0.1) is 16.4 Å². The number of thiophene rings is 1. The van der Waals surface area contributed by atoms with Gasteiger partial charge in [0.15, 0.2) is 0 Å². The lowest BCUT2D eigenvalue weighted by atomic mass is 9.83. The number of carbonyl (C=O) groups is 2. The smallest absolute Gasteiger partial charge is 0.326 e. The van der Waals surface area contributed by atoms with E-state index < -0.39 is 12.0 Å². The lowest BCUT2D eigenvalue weighted by molar-refractivity contribution is -0.140. The molecule has 1 amide bonds. The Morgan fingerprint density at radius 2 is 2.09 bits per heavy atom. The Balaban J connectivity index is 0.000000269. The number of fused-ring (bicyclic) bond motifs is 1. The third-order valence-electron chi connectivity index (χ3n) is 5.04. The molecule has 0 saturated carbocycles. The number of hydrogen-bond acceptors (Lipinski definition) is 6. The highest BCUT2D eigenvalue weighted by Gasteiger charge is 2.30. The summed E-state index contributed by atoms with van der Waals surface area (Å²) in [6.07, 6.45) is 4.05. The standard InChI is InChI=1S/C15H15Cl2N5S.C5H7NO3/c1-7-2-3-20-10-4-8(14-9(16)6-12(17)23-14)5-11(13(7)10)21-22-15(18)19;7-4-2-1-3(6-4)5(8)9/h2-3,6,8H,4-5H2,1H3,(H4,18,19,22);3H,1-2H2,(H,6,7)(H,8,9)/t;3-/m.0/s1. The van der Waals surface area contributed by atoms with Crippen LogP contribution in [-0.2, 0) is 16.0 Å². The third kappa shape index (κ3) is 5.76. The van der Waals surface area contributed by atoms with Gasteiger partial charge >= 0.3 is 5.97 Å². The van der Waals surface area contributed by atoms with Crippen LogP contribution >= 0.6 is 34.5 Å². The number of halogens is 2. The Bertz CT molecular complexity index is 1100. The molecule has 0 spiro atoms. The molecular formula is C20H22Cl2N6O3S. The molecular weight excluding hydrogens is 475 g/mol. The molecule has 9 nitrogen and oxygen atoms in total. The molecule has 0 aromatic carbocycles. The van der Waals surface area contributed by atoms with Gasteiger partial charge in [0.2, 0.25) is 11.9 Å². The van der Waals surface area contributed by atoms with Crippen LogP contribution in [0.15, 0.2) is 28.5 Å². The van der Waals surface area contributed by atoms with Crippen LogP contribution in [-0.4, -0.2) is 39.7 Å². The number of rotatable bonds is 3. The van der Waals surface area contributed by atoms with E-state index in [1.54, 1.807) is 12.3 Å².